The van der Waals surface area contributed by atoms with Crippen LogP contribution in [0, 0.1) is 13.8 Å². The van der Waals surface area contributed by atoms with E-state index in [0.717, 1.165) is 38.6 Å². The predicted molar refractivity (Wildman–Crippen MR) is 90.8 cm³/mol. The minimum Gasteiger partial charge on any atom is -0.496 e. The highest BCUT2D eigenvalue weighted by Gasteiger charge is 2.14. The predicted octanol–water partition coefficient (Wildman–Crippen LogP) is 4.50. The Morgan fingerprint density at radius 3 is 2.50 bits per heavy atom. The first-order valence-electron chi connectivity index (χ1n) is 7.29. The fraction of sp³-hybridized carbons (Fsp3) is 0.353. The summed E-state index contributed by atoms with van der Waals surface area (Å²) >= 11 is 1.60. The molecule has 0 atom stereocenters. The molecule has 114 valence electrons. The number of hydrogen-bond donors (Lipinski definition) is 0. The summed E-state index contributed by atoms with van der Waals surface area (Å²) < 4.78 is 5.40. The molecule has 0 spiro atoms. The van der Waals surface area contributed by atoms with Gasteiger partial charge in [-0.15, -0.1) is 11.3 Å². The van der Waals surface area contributed by atoms with Crippen LogP contribution in [0.25, 0.3) is 21.7 Å². The zero-order valence-electron chi connectivity index (χ0n) is 13.5. The third-order valence-electron chi connectivity index (χ3n) is 3.79. The zero-order chi connectivity index (χ0) is 15.9. The lowest BCUT2D eigenvalue weighted by Crippen LogP contribution is -1.98. The van der Waals surface area contributed by atoms with Crippen molar-refractivity contribution < 1.29 is 4.74 Å². The number of fused-ring (bicyclic) bond motifs is 1. The average Bonchev–Trinajstić information content (AvgIpc) is 2.98. The normalized spacial score (nSPS) is 11.4. The van der Waals surface area contributed by atoms with Crippen molar-refractivity contribution >= 4 is 22.2 Å². The first-order valence-corrected chi connectivity index (χ1v) is 8.17. The fourth-order valence-corrected chi connectivity index (χ4v) is 3.35. The summed E-state index contributed by atoms with van der Waals surface area (Å²) in [4.78, 5) is 14.0. The maximum Gasteiger partial charge on any atom is 0.189 e. The summed E-state index contributed by atoms with van der Waals surface area (Å²) in [6, 6.07) is 3.98. The van der Waals surface area contributed by atoms with Crippen LogP contribution in [0.15, 0.2) is 17.5 Å². The average molecular weight is 313 g/mol. The lowest BCUT2D eigenvalue weighted by molar-refractivity contribution is 0.412. The van der Waals surface area contributed by atoms with Crippen LogP contribution in [0.5, 0.6) is 5.75 Å². The van der Waals surface area contributed by atoms with Gasteiger partial charge in [0.25, 0.3) is 0 Å². The van der Waals surface area contributed by atoms with E-state index in [1.54, 1.807) is 18.4 Å². The Morgan fingerprint density at radius 2 is 1.86 bits per heavy atom. The van der Waals surface area contributed by atoms with Gasteiger partial charge >= 0.3 is 0 Å². The molecule has 0 fully saturated rings. The SMILES string of the molecule is COc1ccc2c(C)nc(-c3nc(C(C)C)cs3)nc2c1C. The van der Waals surface area contributed by atoms with Crippen molar-refractivity contribution in [3.8, 4) is 16.6 Å². The van der Waals surface area contributed by atoms with Gasteiger partial charge in [-0.1, -0.05) is 13.8 Å². The first kappa shape index (κ1) is 14.9. The van der Waals surface area contributed by atoms with Crippen LogP contribution in [0.2, 0.25) is 0 Å². The highest BCUT2D eigenvalue weighted by atomic mass is 32.1. The Morgan fingerprint density at radius 1 is 1.09 bits per heavy atom. The molecule has 0 unspecified atom stereocenters. The van der Waals surface area contributed by atoms with Crippen molar-refractivity contribution in [3.63, 3.8) is 0 Å². The highest BCUT2D eigenvalue weighted by Crippen LogP contribution is 2.30. The topological polar surface area (TPSA) is 47.9 Å². The Kier molecular flexibility index (Phi) is 3.83. The monoisotopic (exact) mass is 313 g/mol. The molecule has 0 saturated carbocycles. The van der Waals surface area contributed by atoms with Crippen molar-refractivity contribution in [2.75, 3.05) is 7.11 Å². The molecular formula is C17H19N3OS. The molecule has 0 aliphatic heterocycles. The summed E-state index contributed by atoms with van der Waals surface area (Å²) in [6.07, 6.45) is 0. The van der Waals surface area contributed by atoms with Crippen molar-refractivity contribution in [3.05, 3.63) is 34.5 Å². The minimum atomic E-state index is 0.411. The van der Waals surface area contributed by atoms with E-state index in [2.05, 4.69) is 29.2 Å². The molecule has 0 aliphatic rings. The van der Waals surface area contributed by atoms with E-state index >= 15 is 0 Å². The number of methoxy groups -OCH3 is 1. The van der Waals surface area contributed by atoms with Gasteiger partial charge in [0.05, 0.1) is 18.3 Å². The zero-order valence-corrected chi connectivity index (χ0v) is 14.3. The third-order valence-corrected chi connectivity index (χ3v) is 4.64. The van der Waals surface area contributed by atoms with Gasteiger partial charge in [-0.2, -0.15) is 0 Å². The molecule has 0 N–H and O–H groups in total. The van der Waals surface area contributed by atoms with Crippen LogP contribution in [0.1, 0.15) is 36.7 Å². The summed E-state index contributed by atoms with van der Waals surface area (Å²) in [6.45, 7) is 8.32. The molecule has 5 heteroatoms. The number of aromatic nitrogens is 3. The van der Waals surface area contributed by atoms with Gasteiger partial charge < -0.3 is 4.74 Å². The quantitative estimate of drug-likeness (QED) is 0.714. The molecule has 3 rings (SSSR count). The van der Waals surface area contributed by atoms with Gasteiger partial charge in [0.1, 0.15) is 5.75 Å². The largest absolute Gasteiger partial charge is 0.496 e. The molecule has 0 saturated heterocycles. The molecule has 2 aromatic heterocycles. The van der Waals surface area contributed by atoms with Gasteiger partial charge in [-0.25, -0.2) is 15.0 Å². The third kappa shape index (κ3) is 2.46. The number of hydrogen-bond acceptors (Lipinski definition) is 5. The number of ether oxygens (including phenoxy) is 1. The number of benzene rings is 1. The molecule has 0 aliphatic carbocycles. The van der Waals surface area contributed by atoms with E-state index in [0.29, 0.717) is 11.7 Å². The number of rotatable bonds is 3. The Bertz CT molecular complexity index is 839. The molecule has 2 heterocycles. The molecule has 0 bridgehead atoms. The number of aryl methyl sites for hydroxylation is 2. The van der Waals surface area contributed by atoms with E-state index in [4.69, 9.17) is 9.72 Å². The Balaban J connectivity index is 2.20. The maximum absolute atomic E-state index is 5.40. The van der Waals surface area contributed by atoms with Gasteiger partial charge in [0, 0.05) is 22.0 Å². The molecule has 0 amide bonds. The molecule has 0 radical (unpaired) electrons. The van der Waals surface area contributed by atoms with Gasteiger partial charge in [0.15, 0.2) is 10.8 Å². The van der Waals surface area contributed by atoms with Crippen molar-refractivity contribution in [1.82, 2.24) is 15.0 Å². The van der Waals surface area contributed by atoms with Gasteiger partial charge in [0.2, 0.25) is 0 Å². The van der Waals surface area contributed by atoms with E-state index in [9.17, 15) is 0 Å². The van der Waals surface area contributed by atoms with E-state index in [1.165, 1.54) is 0 Å². The van der Waals surface area contributed by atoms with E-state index in [-0.39, 0.29) is 0 Å². The number of thiazole rings is 1. The van der Waals surface area contributed by atoms with Gasteiger partial charge in [-0.3, -0.25) is 0 Å². The minimum absolute atomic E-state index is 0.411. The lowest BCUT2D eigenvalue weighted by atomic mass is 10.1. The van der Waals surface area contributed by atoms with Crippen LogP contribution in [-0.2, 0) is 0 Å². The van der Waals surface area contributed by atoms with Gasteiger partial charge in [-0.05, 0) is 31.9 Å². The molecule has 22 heavy (non-hydrogen) atoms. The number of nitrogens with zero attached hydrogens (tertiary/aromatic N) is 3. The first-order chi connectivity index (χ1) is 10.5. The molecular weight excluding hydrogens is 294 g/mol. The smallest absolute Gasteiger partial charge is 0.189 e. The van der Waals surface area contributed by atoms with Crippen LogP contribution < -0.4 is 4.74 Å². The lowest BCUT2D eigenvalue weighted by Gasteiger charge is -2.10. The summed E-state index contributed by atoms with van der Waals surface area (Å²) in [5, 5.41) is 4.01. The summed E-state index contributed by atoms with van der Waals surface area (Å²) in [7, 11) is 1.68. The van der Waals surface area contributed by atoms with E-state index in [1.807, 2.05) is 26.0 Å². The second-order valence-electron chi connectivity index (χ2n) is 5.65. The highest BCUT2D eigenvalue weighted by molar-refractivity contribution is 7.13. The van der Waals surface area contributed by atoms with Crippen LogP contribution in [0.3, 0.4) is 0 Å². The van der Waals surface area contributed by atoms with Crippen LogP contribution >= 0.6 is 11.3 Å². The Hall–Kier alpha value is -2.01. The second-order valence-corrected chi connectivity index (χ2v) is 6.51. The van der Waals surface area contributed by atoms with Crippen molar-refractivity contribution in [2.24, 2.45) is 0 Å². The second kappa shape index (κ2) is 5.65. The van der Waals surface area contributed by atoms with Crippen LogP contribution in [0.4, 0.5) is 0 Å². The summed E-state index contributed by atoms with van der Waals surface area (Å²) in [5.74, 6) is 1.95. The molecule has 1 aromatic carbocycles. The standard InChI is InChI=1S/C17H19N3OS/c1-9(2)13-8-22-17(19-13)16-18-11(4)12-6-7-14(21-5)10(3)15(12)20-16/h6-9H,1-5H3. The fourth-order valence-electron chi connectivity index (χ4n) is 2.44. The van der Waals surface area contributed by atoms with Crippen LogP contribution in [-0.4, -0.2) is 22.1 Å². The molecule has 3 aromatic rings. The van der Waals surface area contributed by atoms with Crippen molar-refractivity contribution in [2.45, 2.75) is 33.6 Å². The summed E-state index contributed by atoms with van der Waals surface area (Å²) in [5.41, 5.74) is 4.02. The molecule has 4 nitrogen and oxygen atoms in total. The maximum atomic E-state index is 5.40. The van der Waals surface area contributed by atoms with Crippen molar-refractivity contribution in [1.29, 1.82) is 0 Å². The Labute approximate surface area is 134 Å². The van der Waals surface area contributed by atoms with E-state index < -0.39 is 0 Å².